The van der Waals surface area contributed by atoms with Crippen LogP contribution in [0.4, 0.5) is 26.3 Å². The van der Waals surface area contributed by atoms with E-state index in [9.17, 15) is 26.3 Å². The number of hydrogen-bond acceptors (Lipinski definition) is 1. The summed E-state index contributed by atoms with van der Waals surface area (Å²) in [6, 6.07) is 3.00. The summed E-state index contributed by atoms with van der Waals surface area (Å²) in [5, 5.41) is 0. The van der Waals surface area contributed by atoms with Gasteiger partial charge in [-0.25, -0.2) is 4.39 Å². The minimum Gasteiger partial charge on any atom is -0.317 e. The van der Waals surface area contributed by atoms with Gasteiger partial charge in [-0.1, -0.05) is 38.0 Å². The van der Waals surface area contributed by atoms with Gasteiger partial charge in [0.25, 0.3) is 0 Å². The first kappa shape index (κ1) is 27.5. The first-order chi connectivity index (χ1) is 17.0. The molecule has 4 rings (SSSR count). The Labute approximate surface area is 210 Å². The molecule has 0 unspecified atom stereocenters. The molecule has 0 aliphatic heterocycles. The second-order valence-electron chi connectivity index (χ2n) is 11.4. The number of ether oxygens (including phenoxy) is 1. The van der Waals surface area contributed by atoms with Gasteiger partial charge in [-0.3, -0.25) is 0 Å². The highest BCUT2D eigenvalue weighted by molar-refractivity contribution is 5.29. The van der Waals surface area contributed by atoms with Gasteiger partial charge in [0.2, 0.25) is 0 Å². The quantitative estimate of drug-likeness (QED) is 0.270. The van der Waals surface area contributed by atoms with Crippen molar-refractivity contribution in [1.82, 2.24) is 0 Å². The highest BCUT2D eigenvalue weighted by Crippen LogP contribution is 2.44. The highest BCUT2D eigenvalue weighted by Gasteiger charge is 2.45. The van der Waals surface area contributed by atoms with Gasteiger partial charge in [0.1, 0.15) is 5.82 Å². The molecule has 0 bridgehead atoms. The molecule has 3 saturated carbocycles. The normalized spacial score (nSPS) is 32.6. The Balaban J connectivity index is 1.22. The third-order valence-electron chi connectivity index (χ3n) is 8.73. The zero-order valence-corrected chi connectivity index (χ0v) is 21.0. The molecular weight excluding hydrogens is 478 g/mol. The van der Waals surface area contributed by atoms with E-state index in [1.165, 1.54) is 31.7 Å². The first-order valence-electron chi connectivity index (χ1n) is 13.6. The van der Waals surface area contributed by atoms with Crippen molar-refractivity contribution >= 4 is 0 Å². The molecule has 0 radical (unpaired) electrons. The Kier molecular flexibility index (Phi) is 8.79. The van der Waals surface area contributed by atoms with Crippen LogP contribution in [0.15, 0.2) is 30.4 Å². The molecule has 202 valence electrons. The number of benzene rings is 1. The summed E-state index contributed by atoms with van der Waals surface area (Å²) in [7, 11) is 0. The number of halogens is 6. The molecule has 0 atom stereocenters. The van der Waals surface area contributed by atoms with Crippen molar-refractivity contribution < 1.29 is 31.1 Å². The summed E-state index contributed by atoms with van der Waals surface area (Å²) in [5.74, 6) is -0.392. The lowest BCUT2D eigenvalue weighted by molar-refractivity contribution is -0.301. The fraction of sp³-hybridized carbons (Fsp3) is 0.724. The smallest absolute Gasteiger partial charge is 0.317 e. The van der Waals surface area contributed by atoms with Crippen molar-refractivity contribution in [2.45, 2.75) is 108 Å². The average molecular weight is 517 g/mol. The topological polar surface area (TPSA) is 9.23 Å². The summed E-state index contributed by atoms with van der Waals surface area (Å²) in [5.41, 5.74) is -0.795. The minimum atomic E-state index is -4.73. The largest absolute Gasteiger partial charge is 0.419 e. The average Bonchev–Trinajstić information content (AvgIpc) is 2.83. The van der Waals surface area contributed by atoms with Gasteiger partial charge in [-0.2, -0.15) is 22.0 Å². The van der Waals surface area contributed by atoms with Gasteiger partial charge in [-0.05, 0) is 106 Å². The Morgan fingerprint density at radius 3 is 1.83 bits per heavy atom. The van der Waals surface area contributed by atoms with Crippen LogP contribution in [-0.2, 0) is 10.9 Å². The molecular formula is C29H38F6O. The van der Waals surface area contributed by atoms with Crippen molar-refractivity contribution in [3.8, 4) is 0 Å². The highest BCUT2D eigenvalue weighted by atomic mass is 19.4. The summed E-state index contributed by atoms with van der Waals surface area (Å²) in [6.45, 7) is 2.30. The minimum absolute atomic E-state index is 0.148. The van der Waals surface area contributed by atoms with Crippen molar-refractivity contribution in [3.05, 3.63) is 47.3 Å². The SMILES string of the molecule is CC1CCC(/C=C/C2CCC(C(F)(F)OC3CCC(c4ccc(C(F)(F)F)c(F)c4)CC3)CC2)CC1. The second kappa shape index (κ2) is 11.5. The molecule has 7 heteroatoms. The summed E-state index contributed by atoms with van der Waals surface area (Å²) in [4.78, 5) is 0. The van der Waals surface area contributed by atoms with Gasteiger partial charge < -0.3 is 4.74 Å². The zero-order chi connectivity index (χ0) is 25.9. The van der Waals surface area contributed by atoms with Crippen molar-refractivity contribution in [2.24, 2.45) is 23.7 Å². The fourth-order valence-corrected chi connectivity index (χ4v) is 6.29. The van der Waals surface area contributed by atoms with Gasteiger partial charge in [0.15, 0.2) is 0 Å². The lowest BCUT2D eigenvalue weighted by Crippen LogP contribution is -2.38. The second-order valence-corrected chi connectivity index (χ2v) is 11.4. The molecule has 0 N–H and O–H groups in total. The maximum Gasteiger partial charge on any atom is 0.419 e. The van der Waals surface area contributed by atoms with E-state index in [1.807, 2.05) is 0 Å². The van der Waals surface area contributed by atoms with Gasteiger partial charge in [0, 0.05) is 0 Å². The summed E-state index contributed by atoms with van der Waals surface area (Å²) >= 11 is 0. The molecule has 0 spiro atoms. The number of allylic oxidation sites excluding steroid dienone is 2. The van der Waals surface area contributed by atoms with E-state index in [2.05, 4.69) is 19.1 Å². The molecule has 1 nitrogen and oxygen atoms in total. The monoisotopic (exact) mass is 516 g/mol. The molecule has 0 amide bonds. The van der Waals surface area contributed by atoms with E-state index in [0.29, 0.717) is 55.9 Å². The van der Waals surface area contributed by atoms with Crippen molar-refractivity contribution in [3.63, 3.8) is 0 Å². The van der Waals surface area contributed by atoms with E-state index in [4.69, 9.17) is 4.74 Å². The van der Waals surface area contributed by atoms with Crippen LogP contribution in [0.5, 0.6) is 0 Å². The predicted molar refractivity (Wildman–Crippen MR) is 128 cm³/mol. The van der Waals surface area contributed by atoms with Crippen molar-refractivity contribution in [2.75, 3.05) is 0 Å². The van der Waals surface area contributed by atoms with E-state index in [-0.39, 0.29) is 5.92 Å². The molecule has 36 heavy (non-hydrogen) atoms. The van der Waals surface area contributed by atoms with Crippen molar-refractivity contribution in [1.29, 1.82) is 0 Å². The lowest BCUT2D eigenvalue weighted by Gasteiger charge is -2.36. The lowest BCUT2D eigenvalue weighted by atomic mass is 9.79. The molecule has 0 heterocycles. The van der Waals surface area contributed by atoms with Crippen LogP contribution in [0.25, 0.3) is 0 Å². The van der Waals surface area contributed by atoms with Crippen LogP contribution in [0.3, 0.4) is 0 Å². The molecule has 3 aliphatic carbocycles. The zero-order valence-electron chi connectivity index (χ0n) is 21.0. The van der Waals surface area contributed by atoms with E-state index in [1.54, 1.807) is 0 Å². The van der Waals surface area contributed by atoms with E-state index in [0.717, 1.165) is 30.9 Å². The van der Waals surface area contributed by atoms with E-state index < -0.39 is 35.7 Å². The fourth-order valence-electron chi connectivity index (χ4n) is 6.29. The first-order valence-corrected chi connectivity index (χ1v) is 13.6. The van der Waals surface area contributed by atoms with E-state index >= 15 is 0 Å². The standard InChI is InChI=1S/C29H38F6O/c1-19-2-4-20(5-3-19)6-7-21-8-13-24(14-9-21)29(34,35)36-25-15-10-22(11-16-25)23-12-17-26(27(30)18-23)28(31,32)33/h6-7,12,17-22,24-25H,2-5,8-11,13-16H2,1H3/b7-6+. The maximum absolute atomic E-state index is 15.0. The van der Waals surface area contributed by atoms with Crippen LogP contribution >= 0.6 is 0 Å². The van der Waals surface area contributed by atoms with Gasteiger partial charge in [-0.15, -0.1) is 0 Å². The van der Waals surface area contributed by atoms with Gasteiger partial charge in [0.05, 0.1) is 17.6 Å². The molecule has 3 aliphatic rings. The van der Waals surface area contributed by atoms with Crippen LogP contribution in [0.1, 0.15) is 101 Å². The number of rotatable bonds is 6. The van der Waals surface area contributed by atoms with Crippen LogP contribution in [0, 0.1) is 29.5 Å². The molecule has 0 saturated heterocycles. The Morgan fingerprint density at radius 2 is 1.31 bits per heavy atom. The summed E-state index contributed by atoms with van der Waals surface area (Å²) < 4.78 is 87.6. The maximum atomic E-state index is 15.0. The predicted octanol–water partition coefficient (Wildman–Crippen LogP) is 9.67. The number of alkyl halides is 5. The summed E-state index contributed by atoms with van der Waals surface area (Å²) in [6.07, 6.45) is 5.28. The molecule has 3 fully saturated rings. The Hall–Kier alpha value is -1.50. The third-order valence-corrected chi connectivity index (χ3v) is 8.73. The Bertz CT molecular complexity index is 870. The van der Waals surface area contributed by atoms with Crippen LogP contribution in [-0.4, -0.2) is 12.2 Å². The molecule has 0 aromatic heterocycles. The molecule has 1 aromatic rings. The molecule has 1 aromatic carbocycles. The van der Waals surface area contributed by atoms with Gasteiger partial charge >= 0.3 is 12.3 Å². The third kappa shape index (κ3) is 7.08. The number of hydrogen-bond donors (Lipinski definition) is 0. The van der Waals surface area contributed by atoms with Crippen LogP contribution < -0.4 is 0 Å². The van der Waals surface area contributed by atoms with Crippen LogP contribution in [0.2, 0.25) is 0 Å². The Morgan fingerprint density at radius 1 is 0.750 bits per heavy atom.